The normalized spacial score (nSPS) is 11.1. The van der Waals surface area contributed by atoms with Crippen molar-refractivity contribution >= 4 is 23.5 Å². The van der Waals surface area contributed by atoms with Crippen LogP contribution in [0.5, 0.6) is 0 Å². The highest BCUT2D eigenvalue weighted by Crippen LogP contribution is 2.17. The number of carbonyl (C=O) groups is 3. The van der Waals surface area contributed by atoms with Gasteiger partial charge in [0.25, 0.3) is 0 Å². The molecular weight excluding hydrogens is 348 g/mol. The van der Waals surface area contributed by atoms with Crippen molar-refractivity contribution in [1.29, 1.82) is 0 Å². The number of amides is 2. The fraction of sp³-hybridized carbons (Fsp3) is 0.368. The minimum atomic E-state index is -1.23. The Morgan fingerprint density at radius 3 is 2.44 bits per heavy atom. The second-order valence-corrected chi connectivity index (χ2v) is 6.85. The van der Waals surface area contributed by atoms with Gasteiger partial charge in [-0.2, -0.15) is 5.10 Å². The summed E-state index contributed by atoms with van der Waals surface area (Å²) in [7, 11) is 0. The SMILES string of the molecule is Cc1ccc(CCC(=O)NCC(=O)Nc2cnn(C(C)(C)C(=O)O)c2)cc1. The van der Waals surface area contributed by atoms with Gasteiger partial charge in [-0.05, 0) is 32.8 Å². The van der Waals surface area contributed by atoms with Crippen LogP contribution in [0, 0.1) is 6.92 Å². The number of nitrogens with one attached hydrogen (secondary N) is 2. The smallest absolute Gasteiger partial charge is 0.331 e. The summed E-state index contributed by atoms with van der Waals surface area (Å²) in [6, 6.07) is 7.94. The highest BCUT2D eigenvalue weighted by atomic mass is 16.4. The first-order valence-electron chi connectivity index (χ1n) is 8.59. The topological polar surface area (TPSA) is 113 Å². The Morgan fingerprint density at radius 2 is 1.81 bits per heavy atom. The zero-order valence-corrected chi connectivity index (χ0v) is 15.7. The number of carboxylic acids is 1. The lowest BCUT2D eigenvalue weighted by Crippen LogP contribution is -2.36. The molecule has 0 fully saturated rings. The van der Waals surface area contributed by atoms with Gasteiger partial charge in [0.05, 0.1) is 18.4 Å². The summed E-state index contributed by atoms with van der Waals surface area (Å²) >= 11 is 0. The molecule has 1 aromatic heterocycles. The molecule has 2 rings (SSSR count). The van der Waals surface area contributed by atoms with Crippen LogP contribution < -0.4 is 10.6 Å². The van der Waals surface area contributed by atoms with Gasteiger partial charge in [-0.15, -0.1) is 0 Å². The number of carbonyl (C=O) groups excluding carboxylic acids is 2. The lowest BCUT2D eigenvalue weighted by Gasteiger charge is -2.19. The molecule has 0 unspecified atom stereocenters. The van der Waals surface area contributed by atoms with E-state index in [9.17, 15) is 19.5 Å². The minimum absolute atomic E-state index is 0.166. The monoisotopic (exact) mass is 372 g/mol. The number of nitrogens with zero attached hydrogens (tertiary/aromatic N) is 2. The number of hydrogen-bond donors (Lipinski definition) is 3. The van der Waals surface area contributed by atoms with E-state index in [0.29, 0.717) is 18.5 Å². The molecule has 0 saturated heterocycles. The molecule has 0 saturated carbocycles. The van der Waals surface area contributed by atoms with Crippen LogP contribution in [0.15, 0.2) is 36.7 Å². The summed E-state index contributed by atoms with van der Waals surface area (Å²) in [6.45, 7) is 4.84. The van der Waals surface area contributed by atoms with Gasteiger partial charge in [0, 0.05) is 12.6 Å². The lowest BCUT2D eigenvalue weighted by molar-refractivity contribution is -0.146. The van der Waals surface area contributed by atoms with Crippen molar-refractivity contribution in [3.05, 3.63) is 47.8 Å². The molecule has 2 amide bonds. The van der Waals surface area contributed by atoms with Crippen molar-refractivity contribution in [2.45, 2.75) is 39.2 Å². The maximum atomic E-state index is 11.9. The minimum Gasteiger partial charge on any atom is -0.479 e. The second-order valence-electron chi connectivity index (χ2n) is 6.85. The van der Waals surface area contributed by atoms with Gasteiger partial charge in [0.2, 0.25) is 11.8 Å². The van der Waals surface area contributed by atoms with Crippen LogP contribution in [0.3, 0.4) is 0 Å². The maximum absolute atomic E-state index is 11.9. The maximum Gasteiger partial charge on any atom is 0.331 e. The van der Waals surface area contributed by atoms with Gasteiger partial charge < -0.3 is 15.7 Å². The van der Waals surface area contributed by atoms with E-state index < -0.39 is 17.4 Å². The first-order chi connectivity index (χ1) is 12.7. The summed E-state index contributed by atoms with van der Waals surface area (Å²) in [5.74, 6) is -1.66. The average molecular weight is 372 g/mol. The van der Waals surface area contributed by atoms with E-state index >= 15 is 0 Å². The number of carboxylic acid groups (broad SMARTS) is 1. The number of aryl methyl sites for hydroxylation is 2. The predicted octanol–water partition coefficient (Wildman–Crippen LogP) is 1.70. The molecule has 0 spiro atoms. The number of anilines is 1. The first-order valence-corrected chi connectivity index (χ1v) is 8.59. The summed E-state index contributed by atoms with van der Waals surface area (Å²) in [6.07, 6.45) is 3.69. The molecule has 0 radical (unpaired) electrons. The van der Waals surface area contributed by atoms with Crippen molar-refractivity contribution in [2.75, 3.05) is 11.9 Å². The number of hydrogen-bond acceptors (Lipinski definition) is 4. The van der Waals surface area contributed by atoms with Crippen LogP contribution in [-0.4, -0.2) is 39.2 Å². The van der Waals surface area contributed by atoms with Crippen LogP contribution in [-0.2, 0) is 26.3 Å². The Labute approximate surface area is 157 Å². The molecule has 1 aromatic carbocycles. The van der Waals surface area contributed by atoms with Crippen LogP contribution in [0.1, 0.15) is 31.4 Å². The highest BCUT2D eigenvalue weighted by Gasteiger charge is 2.30. The van der Waals surface area contributed by atoms with Crippen molar-refractivity contribution in [3.63, 3.8) is 0 Å². The van der Waals surface area contributed by atoms with Crippen molar-refractivity contribution in [3.8, 4) is 0 Å². The molecule has 8 nitrogen and oxygen atoms in total. The van der Waals surface area contributed by atoms with Crippen LogP contribution >= 0.6 is 0 Å². The molecule has 0 aliphatic heterocycles. The highest BCUT2D eigenvalue weighted by molar-refractivity contribution is 5.94. The summed E-state index contributed by atoms with van der Waals surface area (Å²) in [5, 5.41) is 18.3. The van der Waals surface area contributed by atoms with Gasteiger partial charge in [-0.25, -0.2) is 4.79 Å². The Bertz CT molecular complexity index is 824. The fourth-order valence-electron chi connectivity index (χ4n) is 2.28. The van der Waals surface area contributed by atoms with E-state index in [2.05, 4.69) is 15.7 Å². The molecule has 8 heteroatoms. The second kappa shape index (κ2) is 8.48. The number of rotatable bonds is 8. The Balaban J connectivity index is 1.77. The van der Waals surface area contributed by atoms with E-state index in [1.807, 2.05) is 31.2 Å². The van der Waals surface area contributed by atoms with Crippen LogP contribution in [0.2, 0.25) is 0 Å². The van der Waals surface area contributed by atoms with E-state index in [-0.39, 0.29) is 12.5 Å². The predicted molar refractivity (Wildman–Crippen MR) is 100 cm³/mol. The molecule has 144 valence electrons. The Hall–Kier alpha value is -3.16. The quantitative estimate of drug-likeness (QED) is 0.653. The molecular formula is C19H24N4O4. The third-order valence-electron chi connectivity index (χ3n) is 4.17. The fourth-order valence-corrected chi connectivity index (χ4v) is 2.28. The average Bonchev–Trinajstić information content (AvgIpc) is 3.08. The molecule has 2 aromatic rings. The van der Waals surface area contributed by atoms with E-state index in [1.165, 1.54) is 30.9 Å². The Morgan fingerprint density at radius 1 is 1.15 bits per heavy atom. The zero-order chi connectivity index (χ0) is 20.0. The zero-order valence-electron chi connectivity index (χ0n) is 15.7. The van der Waals surface area contributed by atoms with Crippen LogP contribution in [0.4, 0.5) is 5.69 Å². The van der Waals surface area contributed by atoms with Gasteiger partial charge in [-0.1, -0.05) is 29.8 Å². The number of aromatic nitrogens is 2. The van der Waals surface area contributed by atoms with Crippen molar-refractivity contribution in [1.82, 2.24) is 15.1 Å². The molecule has 27 heavy (non-hydrogen) atoms. The standard InChI is InChI=1S/C19H24N4O4/c1-13-4-6-14(7-5-13)8-9-16(24)20-11-17(25)22-15-10-21-23(12-15)19(2,3)18(26)27/h4-7,10,12H,8-9,11H2,1-3H3,(H,20,24)(H,22,25)(H,26,27). The Kier molecular flexibility index (Phi) is 6.33. The third-order valence-corrected chi connectivity index (χ3v) is 4.17. The molecule has 0 bridgehead atoms. The molecule has 0 aliphatic carbocycles. The van der Waals surface area contributed by atoms with Crippen molar-refractivity contribution < 1.29 is 19.5 Å². The first kappa shape index (κ1) is 20.2. The number of benzene rings is 1. The molecule has 3 N–H and O–H groups in total. The van der Waals surface area contributed by atoms with Gasteiger partial charge in [-0.3, -0.25) is 14.3 Å². The van der Waals surface area contributed by atoms with E-state index in [1.54, 1.807) is 0 Å². The summed E-state index contributed by atoms with van der Waals surface area (Å²) in [5.41, 5.74) is 1.36. The van der Waals surface area contributed by atoms with E-state index in [4.69, 9.17) is 0 Å². The van der Waals surface area contributed by atoms with Crippen LogP contribution in [0.25, 0.3) is 0 Å². The lowest BCUT2D eigenvalue weighted by atomic mass is 10.1. The van der Waals surface area contributed by atoms with Gasteiger partial charge in [0.15, 0.2) is 5.54 Å². The summed E-state index contributed by atoms with van der Waals surface area (Å²) in [4.78, 5) is 35.0. The molecule has 0 aliphatic rings. The van der Waals surface area contributed by atoms with Gasteiger partial charge in [0.1, 0.15) is 0 Å². The molecule has 0 atom stereocenters. The molecule has 1 heterocycles. The summed E-state index contributed by atoms with van der Waals surface area (Å²) < 4.78 is 1.26. The van der Waals surface area contributed by atoms with Gasteiger partial charge >= 0.3 is 5.97 Å². The third kappa shape index (κ3) is 5.67. The van der Waals surface area contributed by atoms with E-state index in [0.717, 1.165) is 11.1 Å². The largest absolute Gasteiger partial charge is 0.479 e. The number of aliphatic carboxylic acids is 1. The van der Waals surface area contributed by atoms with Crippen molar-refractivity contribution in [2.24, 2.45) is 0 Å².